The Kier molecular flexibility index (Phi) is 5.98. The zero-order chi connectivity index (χ0) is 31.6. The van der Waals surface area contributed by atoms with Crippen LogP contribution in [0, 0.1) is 0 Å². The summed E-state index contributed by atoms with van der Waals surface area (Å²) in [6, 6.07) is 67.3. The third-order valence-electron chi connectivity index (χ3n) is 10.2. The Morgan fingerprint density at radius 1 is 0.167 bits per heavy atom. The van der Waals surface area contributed by atoms with Crippen LogP contribution in [0.15, 0.2) is 182 Å². The van der Waals surface area contributed by atoms with Gasteiger partial charge in [0.25, 0.3) is 0 Å². The SMILES string of the molecule is c1ccc2c(c1)ccc1cc(-c3cc(-c4ccc5c(ccc6ccccc65)c4)cc(-c4ccc5c(ccc6ccccc65)c4)c3)ccc12. The first kappa shape index (κ1) is 26.9. The number of hydrogen-bond acceptors (Lipinski definition) is 0. The fourth-order valence-corrected chi connectivity index (χ4v) is 7.71. The third kappa shape index (κ3) is 4.38. The van der Waals surface area contributed by atoms with E-state index >= 15 is 0 Å². The summed E-state index contributed by atoms with van der Waals surface area (Å²) in [6.07, 6.45) is 0. The summed E-state index contributed by atoms with van der Waals surface area (Å²) in [5.74, 6) is 0. The molecule has 0 unspecified atom stereocenters. The van der Waals surface area contributed by atoms with Crippen molar-refractivity contribution in [3.05, 3.63) is 182 Å². The Labute approximate surface area is 279 Å². The van der Waals surface area contributed by atoms with Crippen molar-refractivity contribution < 1.29 is 0 Å². The summed E-state index contributed by atoms with van der Waals surface area (Å²) in [5.41, 5.74) is 7.32. The van der Waals surface area contributed by atoms with Crippen molar-refractivity contribution in [1.82, 2.24) is 0 Å². The summed E-state index contributed by atoms with van der Waals surface area (Å²) in [4.78, 5) is 0. The van der Waals surface area contributed by atoms with E-state index in [2.05, 4.69) is 182 Å². The van der Waals surface area contributed by atoms with E-state index in [1.807, 2.05) is 0 Å². The van der Waals surface area contributed by atoms with Crippen molar-refractivity contribution in [1.29, 1.82) is 0 Å². The molecule has 0 aliphatic carbocycles. The molecular formula is C48H30. The molecule has 0 N–H and O–H groups in total. The van der Waals surface area contributed by atoms with Gasteiger partial charge in [0.2, 0.25) is 0 Å². The van der Waals surface area contributed by atoms with Crippen LogP contribution in [0.1, 0.15) is 0 Å². The minimum atomic E-state index is 1.22. The smallest absolute Gasteiger partial charge is 0.0105 e. The van der Waals surface area contributed by atoms with Crippen LogP contribution in [0.25, 0.3) is 98.0 Å². The second-order valence-corrected chi connectivity index (χ2v) is 13.0. The zero-order valence-corrected chi connectivity index (χ0v) is 26.3. The molecule has 10 aromatic rings. The molecule has 0 heteroatoms. The maximum absolute atomic E-state index is 2.36. The molecule has 10 aromatic carbocycles. The van der Waals surface area contributed by atoms with Gasteiger partial charge in [-0.25, -0.2) is 0 Å². The third-order valence-corrected chi connectivity index (χ3v) is 10.2. The number of rotatable bonds is 3. The van der Waals surface area contributed by atoms with E-state index in [0.29, 0.717) is 0 Å². The first-order valence-corrected chi connectivity index (χ1v) is 16.7. The highest BCUT2D eigenvalue weighted by atomic mass is 14.2. The minimum Gasteiger partial charge on any atom is -0.0616 e. The van der Waals surface area contributed by atoms with Crippen LogP contribution in [-0.2, 0) is 0 Å². The highest BCUT2D eigenvalue weighted by Gasteiger charge is 2.12. The predicted molar refractivity (Wildman–Crippen MR) is 208 cm³/mol. The first-order valence-electron chi connectivity index (χ1n) is 16.7. The van der Waals surface area contributed by atoms with E-state index in [4.69, 9.17) is 0 Å². The second kappa shape index (κ2) is 10.7. The lowest BCUT2D eigenvalue weighted by Gasteiger charge is -2.14. The van der Waals surface area contributed by atoms with Gasteiger partial charge in [-0.15, -0.1) is 0 Å². The van der Waals surface area contributed by atoms with Gasteiger partial charge in [-0.1, -0.05) is 146 Å². The lowest BCUT2D eigenvalue weighted by molar-refractivity contribution is 1.59. The zero-order valence-electron chi connectivity index (χ0n) is 26.3. The monoisotopic (exact) mass is 606 g/mol. The van der Waals surface area contributed by atoms with Crippen LogP contribution in [0.4, 0.5) is 0 Å². The second-order valence-electron chi connectivity index (χ2n) is 13.0. The predicted octanol–water partition coefficient (Wildman–Crippen LogP) is 13.6. The Morgan fingerprint density at radius 2 is 0.438 bits per heavy atom. The van der Waals surface area contributed by atoms with Gasteiger partial charge in [-0.3, -0.25) is 0 Å². The van der Waals surface area contributed by atoms with Crippen molar-refractivity contribution in [2.45, 2.75) is 0 Å². The molecule has 0 fully saturated rings. The maximum Gasteiger partial charge on any atom is -0.0105 e. The van der Waals surface area contributed by atoms with Crippen molar-refractivity contribution >= 4 is 64.6 Å². The highest BCUT2D eigenvalue weighted by molar-refractivity contribution is 6.11. The molecule has 0 nitrogen and oxygen atoms in total. The molecule has 0 aliphatic heterocycles. The average Bonchev–Trinajstić information content (AvgIpc) is 3.16. The molecule has 10 rings (SSSR count). The number of hydrogen-bond donors (Lipinski definition) is 0. The van der Waals surface area contributed by atoms with Crippen LogP contribution < -0.4 is 0 Å². The number of fused-ring (bicyclic) bond motifs is 9. The normalized spacial score (nSPS) is 11.8. The molecule has 0 aliphatic rings. The van der Waals surface area contributed by atoms with Gasteiger partial charge in [0.1, 0.15) is 0 Å². The van der Waals surface area contributed by atoms with Gasteiger partial charge in [0.05, 0.1) is 0 Å². The van der Waals surface area contributed by atoms with Gasteiger partial charge >= 0.3 is 0 Å². The van der Waals surface area contributed by atoms with Crippen LogP contribution in [0.5, 0.6) is 0 Å². The Morgan fingerprint density at radius 3 is 0.771 bits per heavy atom. The molecule has 0 spiro atoms. The van der Waals surface area contributed by atoms with Gasteiger partial charge in [-0.2, -0.15) is 0 Å². The molecule has 0 amide bonds. The van der Waals surface area contributed by atoms with Crippen LogP contribution in [0.2, 0.25) is 0 Å². The van der Waals surface area contributed by atoms with E-state index in [1.54, 1.807) is 0 Å². The van der Waals surface area contributed by atoms with Gasteiger partial charge in [0, 0.05) is 0 Å². The lowest BCUT2D eigenvalue weighted by Crippen LogP contribution is -1.88. The molecule has 0 bridgehead atoms. The van der Waals surface area contributed by atoms with E-state index in [-0.39, 0.29) is 0 Å². The average molecular weight is 607 g/mol. The summed E-state index contributed by atoms with van der Waals surface area (Å²) >= 11 is 0. The van der Waals surface area contributed by atoms with Crippen LogP contribution >= 0.6 is 0 Å². The van der Waals surface area contributed by atoms with Crippen LogP contribution in [0.3, 0.4) is 0 Å². The molecule has 48 heavy (non-hydrogen) atoms. The topological polar surface area (TPSA) is 0 Å². The fourth-order valence-electron chi connectivity index (χ4n) is 7.71. The van der Waals surface area contributed by atoms with Crippen molar-refractivity contribution in [2.24, 2.45) is 0 Å². The molecule has 0 saturated heterocycles. The summed E-state index contributed by atoms with van der Waals surface area (Å²) in [5, 5.41) is 15.3. The van der Waals surface area contributed by atoms with Gasteiger partial charge in [0.15, 0.2) is 0 Å². The van der Waals surface area contributed by atoms with E-state index in [9.17, 15) is 0 Å². The lowest BCUT2D eigenvalue weighted by atomic mass is 9.90. The standard InChI is InChI=1S/C48H30/c1-4-10-43-31(7-1)13-16-37-25-34(19-22-46(37)43)40-28-41(35-20-23-47-38(26-35)17-14-32-8-2-5-11-44(32)47)30-42(29-40)36-21-24-48-39(27-36)18-15-33-9-3-6-12-45(33)48/h1-30H. The van der Waals surface area contributed by atoms with Gasteiger partial charge in [-0.05, 0) is 134 Å². The molecule has 222 valence electrons. The maximum atomic E-state index is 2.36. The Bertz CT molecular complexity index is 2560. The molecular weight excluding hydrogens is 577 g/mol. The fraction of sp³-hybridized carbons (Fsp3) is 0. The van der Waals surface area contributed by atoms with Gasteiger partial charge < -0.3 is 0 Å². The van der Waals surface area contributed by atoms with Crippen LogP contribution in [-0.4, -0.2) is 0 Å². The first-order chi connectivity index (χ1) is 23.7. The summed E-state index contributed by atoms with van der Waals surface area (Å²) < 4.78 is 0. The largest absolute Gasteiger partial charge is 0.0616 e. The van der Waals surface area contributed by atoms with Crippen molar-refractivity contribution in [3.8, 4) is 33.4 Å². The molecule has 0 aromatic heterocycles. The Hall–Kier alpha value is -6.24. The van der Waals surface area contributed by atoms with Crippen molar-refractivity contribution in [2.75, 3.05) is 0 Å². The molecule has 0 heterocycles. The molecule has 0 saturated carbocycles. The molecule has 0 atom stereocenters. The highest BCUT2D eigenvalue weighted by Crippen LogP contribution is 2.38. The Balaban J connectivity index is 1.17. The minimum absolute atomic E-state index is 1.22. The quantitative estimate of drug-likeness (QED) is 0.176. The summed E-state index contributed by atoms with van der Waals surface area (Å²) in [7, 11) is 0. The van der Waals surface area contributed by atoms with E-state index < -0.39 is 0 Å². The summed E-state index contributed by atoms with van der Waals surface area (Å²) in [6.45, 7) is 0. The molecule has 0 radical (unpaired) electrons. The number of benzene rings is 10. The van der Waals surface area contributed by atoms with Crippen molar-refractivity contribution in [3.63, 3.8) is 0 Å². The van der Waals surface area contributed by atoms with E-state index in [1.165, 1.54) is 98.0 Å². The van der Waals surface area contributed by atoms with E-state index in [0.717, 1.165) is 0 Å².